The number of phenols is 1. The van der Waals surface area contributed by atoms with Crippen molar-refractivity contribution in [3.63, 3.8) is 0 Å². The minimum atomic E-state index is 0.259. The van der Waals surface area contributed by atoms with E-state index in [2.05, 4.69) is 0 Å². The van der Waals surface area contributed by atoms with Gasteiger partial charge in [-0.15, -0.1) is 0 Å². The van der Waals surface area contributed by atoms with E-state index in [0.29, 0.717) is 11.5 Å². The zero-order valence-electron chi connectivity index (χ0n) is 10.8. The Labute approximate surface area is 111 Å². The molecule has 3 aromatic rings. The van der Waals surface area contributed by atoms with Crippen LogP contribution in [0.5, 0.6) is 17.2 Å². The van der Waals surface area contributed by atoms with Crippen LogP contribution in [0.3, 0.4) is 0 Å². The van der Waals surface area contributed by atoms with Crippen molar-refractivity contribution in [2.75, 3.05) is 14.2 Å². The summed E-state index contributed by atoms with van der Waals surface area (Å²) in [5, 5.41) is 13.8. The maximum atomic E-state index is 9.66. The van der Waals surface area contributed by atoms with Gasteiger partial charge in [0.05, 0.1) is 14.2 Å². The molecule has 0 atom stereocenters. The van der Waals surface area contributed by atoms with Crippen molar-refractivity contribution >= 4 is 21.5 Å². The molecule has 0 spiro atoms. The molecule has 0 aliphatic rings. The molecule has 19 heavy (non-hydrogen) atoms. The van der Waals surface area contributed by atoms with Crippen LogP contribution < -0.4 is 9.47 Å². The van der Waals surface area contributed by atoms with Crippen molar-refractivity contribution in [3.05, 3.63) is 42.5 Å². The maximum absolute atomic E-state index is 9.66. The van der Waals surface area contributed by atoms with Crippen LogP contribution in [0, 0.1) is 0 Å². The van der Waals surface area contributed by atoms with Crippen LogP contribution in [0.2, 0.25) is 0 Å². The molecule has 3 aromatic carbocycles. The Morgan fingerprint density at radius 1 is 0.737 bits per heavy atom. The molecule has 96 valence electrons. The highest BCUT2D eigenvalue weighted by Gasteiger charge is 2.08. The van der Waals surface area contributed by atoms with Gasteiger partial charge in [-0.05, 0) is 45.8 Å². The third-order valence-corrected chi connectivity index (χ3v) is 3.33. The number of ether oxygens (including phenoxy) is 2. The quantitative estimate of drug-likeness (QED) is 0.708. The molecule has 0 aromatic heterocycles. The molecule has 0 fully saturated rings. The molecule has 3 nitrogen and oxygen atoms in total. The highest BCUT2D eigenvalue weighted by molar-refractivity contribution is 6.08. The molecule has 0 unspecified atom stereocenters. The van der Waals surface area contributed by atoms with Crippen LogP contribution >= 0.6 is 0 Å². The third kappa shape index (κ3) is 1.83. The highest BCUT2D eigenvalue weighted by atomic mass is 16.5. The Morgan fingerprint density at radius 3 is 2.05 bits per heavy atom. The van der Waals surface area contributed by atoms with Gasteiger partial charge in [0, 0.05) is 0 Å². The third-order valence-electron chi connectivity index (χ3n) is 3.33. The number of phenolic OH excluding ortho intramolecular Hbond substituents is 1. The Balaban J connectivity index is 2.43. The Kier molecular flexibility index (Phi) is 2.67. The van der Waals surface area contributed by atoms with Gasteiger partial charge in [-0.2, -0.15) is 0 Å². The van der Waals surface area contributed by atoms with E-state index in [9.17, 15) is 5.11 Å². The number of hydrogen-bond acceptors (Lipinski definition) is 3. The second kappa shape index (κ2) is 4.35. The van der Waals surface area contributed by atoms with Crippen LogP contribution in [-0.2, 0) is 0 Å². The van der Waals surface area contributed by atoms with Crippen molar-refractivity contribution in [2.45, 2.75) is 0 Å². The van der Waals surface area contributed by atoms with Crippen LogP contribution in [0.15, 0.2) is 42.5 Å². The fourth-order valence-electron chi connectivity index (χ4n) is 2.37. The zero-order valence-corrected chi connectivity index (χ0v) is 10.8. The van der Waals surface area contributed by atoms with E-state index >= 15 is 0 Å². The molecule has 0 heterocycles. The standard InChI is InChI=1S/C16H14O3/c1-18-15-7-11-4-3-10-5-6-12(17)8-13(10)14(11)9-16(15)19-2/h3-9,17H,1-2H3. The van der Waals surface area contributed by atoms with Crippen molar-refractivity contribution in [1.82, 2.24) is 0 Å². The van der Waals surface area contributed by atoms with Gasteiger partial charge in [-0.3, -0.25) is 0 Å². The lowest BCUT2D eigenvalue weighted by Crippen LogP contribution is -1.90. The van der Waals surface area contributed by atoms with E-state index in [1.165, 1.54) is 0 Å². The van der Waals surface area contributed by atoms with Crippen LogP contribution in [0.4, 0.5) is 0 Å². The first kappa shape index (κ1) is 11.7. The summed E-state index contributed by atoms with van der Waals surface area (Å²) in [6, 6.07) is 13.3. The fraction of sp³-hybridized carbons (Fsp3) is 0.125. The molecule has 0 saturated heterocycles. The van der Waals surface area contributed by atoms with E-state index in [1.807, 2.05) is 30.3 Å². The summed E-state index contributed by atoms with van der Waals surface area (Å²) in [6.07, 6.45) is 0. The molecular formula is C16H14O3. The second-order valence-electron chi connectivity index (χ2n) is 4.40. The van der Waals surface area contributed by atoms with Crippen molar-refractivity contribution < 1.29 is 14.6 Å². The number of benzene rings is 3. The number of aromatic hydroxyl groups is 1. The normalized spacial score (nSPS) is 10.8. The predicted molar refractivity (Wildman–Crippen MR) is 76.2 cm³/mol. The van der Waals surface area contributed by atoms with Gasteiger partial charge in [-0.1, -0.05) is 18.2 Å². The Bertz CT molecular complexity index is 763. The van der Waals surface area contributed by atoms with Crippen LogP contribution in [-0.4, -0.2) is 19.3 Å². The van der Waals surface area contributed by atoms with Crippen LogP contribution in [0.1, 0.15) is 0 Å². The van der Waals surface area contributed by atoms with Crippen LogP contribution in [0.25, 0.3) is 21.5 Å². The molecule has 1 N–H and O–H groups in total. The zero-order chi connectivity index (χ0) is 13.4. The van der Waals surface area contributed by atoms with E-state index in [1.54, 1.807) is 26.4 Å². The van der Waals surface area contributed by atoms with E-state index in [4.69, 9.17) is 9.47 Å². The predicted octanol–water partition coefficient (Wildman–Crippen LogP) is 3.72. The van der Waals surface area contributed by atoms with Gasteiger partial charge in [0.1, 0.15) is 5.75 Å². The lowest BCUT2D eigenvalue weighted by molar-refractivity contribution is 0.356. The first-order valence-electron chi connectivity index (χ1n) is 6.00. The van der Waals surface area contributed by atoms with E-state index in [-0.39, 0.29) is 5.75 Å². The number of fused-ring (bicyclic) bond motifs is 3. The lowest BCUT2D eigenvalue weighted by atomic mass is 10.0. The maximum Gasteiger partial charge on any atom is 0.161 e. The van der Waals surface area contributed by atoms with Gasteiger partial charge in [0.2, 0.25) is 0 Å². The minimum Gasteiger partial charge on any atom is -0.508 e. The molecular weight excluding hydrogens is 240 g/mol. The highest BCUT2D eigenvalue weighted by Crippen LogP contribution is 2.36. The average Bonchev–Trinajstić information content (AvgIpc) is 2.45. The summed E-state index contributed by atoms with van der Waals surface area (Å²) < 4.78 is 10.6. The summed E-state index contributed by atoms with van der Waals surface area (Å²) in [4.78, 5) is 0. The summed E-state index contributed by atoms with van der Waals surface area (Å²) in [5.41, 5.74) is 0. The molecule has 0 saturated carbocycles. The first-order chi connectivity index (χ1) is 9.22. The summed E-state index contributed by atoms with van der Waals surface area (Å²) in [5.74, 6) is 1.65. The average molecular weight is 254 g/mol. The molecule has 0 amide bonds. The van der Waals surface area contributed by atoms with Gasteiger partial charge >= 0.3 is 0 Å². The minimum absolute atomic E-state index is 0.259. The fourth-order valence-corrected chi connectivity index (χ4v) is 2.37. The van der Waals surface area contributed by atoms with Crippen molar-refractivity contribution in [3.8, 4) is 17.2 Å². The van der Waals surface area contributed by atoms with E-state index in [0.717, 1.165) is 21.5 Å². The summed E-state index contributed by atoms with van der Waals surface area (Å²) >= 11 is 0. The molecule has 0 aliphatic carbocycles. The van der Waals surface area contributed by atoms with Gasteiger partial charge < -0.3 is 14.6 Å². The molecule has 3 rings (SSSR count). The number of rotatable bonds is 2. The number of methoxy groups -OCH3 is 2. The lowest BCUT2D eigenvalue weighted by Gasteiger charge is -2.11. The number of hydrogen-bond donors (Lipinski definition) is 1. The van der Waals surface area contributed by atoms with Gasteiger partial charge in [-0.25, -0.2) is 0 Å². The molecule has 0 radical (unpaired) electrons. The van der Waals surface area contributed by atoms with Gasteiger partial charge in [0.15, 0.2) is 11.5 Å². The Hall–Kier alpha value is -2.42. The van der Waals surface area contributed by atoms with E-state index < -0.39 is 0 Å². The molecule has 0 bridgehead atoms. The largest absolute Gasteiger partial charge is 0.508 e. The second-order valence-corrected chi connectivity index (χ2v) is 4.40. The monoisotopic (exact) mass is 254 g/mol. The summed E-state index contributed by atoms with van der Waals surface area (Å²) in [6.45, 7) is 0. The topological polar surface area (TPSA) is 38.7 Å². The van der Waals surface area contributed by atoms with Crippen molar-refractivity contribution in [2.24, 2.45) is 0 Å². The van der Waals surface area contributed by atoms with Gasteiger partial charge in [0.25, 0.3) is 0 Å². The smallest absolute Gasteiger partial charge is 0.161 e. The summed E-state index contributed by atoms with van der Waals surface area (Å²) in [7, 11) is 3.24. The molecule has 3 heteroatoms. The Morgan fingerprint density at radius 2 is 1.32 bits per heavy atom. The first-order valence-corrected chi connectivity index (χ1v) is 6.00. The molecule has 0 aliphatic heterocycles. The van der Waals surface area contributed by atoms with Crippen molar-refractivity contribution in [1.29, 1.82) is 0 Å². The SMILES string of the molecule is COc1cc2ccc3ccc(O)cc3c2cc1OC.